The predicted octanol–water partition coefficient (Wildman–Crippen LogP) is 1.49. The highest BCUT2D eigenvalue weighted by Crippen LogP contribution is 2.26. The molecule has 1 aromatic heterocycles. The summed E-state index contributed by atoms with van der Waals surface area (Å²) in [5, 5.41) is 5.31. The van der Waals surface area contributed by atoms with Gasteiger partial charge >= 0.3 is 0 Å². The predicted molar refractivity (Wildman–Crippen MR) is 116 cm³/mol. The van der Waals surface area contributed by atoms with Gasteiger partial charge in [0.05, 0.1) is 13.0 Å². The highest BCUT2D eigenvalue weighted by molar-refractivity contribution is 6.01. The average molecular weight is 418 g/mol. The zero-order valence-corrected chi connectivity index (χ0v) is 17.7. The summed E-state index contributed by atoms with van der Waals surface area (Å²) < 4.78 is 4.47. The number of hydrogen-bond acceptors (Lipinski definition) is 1. The number of nitrogens with zero attached hydrogens (tertiary/aromatic N) is 2. The van der Waals surface area contributed by atoms with E-state index in [1.807, 2.05) is 30.3 Å². The smallest absolute Gasteiger partial charge is 0.266 e. The molecule has 0 aliphatic carbocycles. The minimum atomic E-state index is 0. The fraction of sp³-hybridized carbons (Fsp3) is 0.200. The van der Waals surface area contributed by atoms with Crippen molar-refractivity contribution in [2.24, 2.45) is 0 Å². The van der Waals surface area contributed by atoms with E-state index in [0.29, 0.717) is 6.54 Å². The molecule has 1 amide bonds. The highest BCUT2D eigenvalue weighted by Gasteiger charge is 2.29. The van der Waals surface area contributed by atoms with Crippen LogP contribution < -0.4 is 22.3 Å². The van der Waals surface area contributed by atoms with Gasteiger partial charge in [-0.15, -0.1) is 0 Å². The molecular weight excluding hydrogens is 394 g/mol. The van der Waals surface area contributed by atoms with Crippen LogP contribution in [-0.2, 0) is 24.3 Å². The van der Waals surface area contributed by atoms with Crippen molar-refractivity contribution in [1.29, 1.82) is 0 Å². The number of amides is 1. The minimum Gasteiger partial charge on any atom is -1.00 e. The average Bonchev–Trinajstić information content (AvgIpc) is 3.33. The Morgan fingerprint density at radius 3 is 2.63 bits per heavy atom. The maximum atomic E-state index is 12.9. The molecule has 0 saturated heterocycles. The first-order valence-corrected chi connectivity index (χ1v) is 10.2. The summed E-state index contributed by atoms with van der Waals surface area (Å²) in [6, 6.07) is 22.7. The molecule has 4 aromatic rings. The number of halogens is 1. The quantitative estimate of drug-likeness (QED) is 0.502. The van der Waals surface area contributed by atoms with Crippen LogP contribution in [0.4, 0.5) is 5.69 Å². The van der Waals surface area contributed by atoms with Gasteiger partial charge in [-0.3, -0.25) is 4.79 Å². The monoisotopic (exact) mass is 417 g/mol. The van der Waals surface area contributed by atoms with E-state index in [1.54, 1.807) is 0 Å². The number of rotatable bonds is 4. The van der Waals surface area contributed by atoms with E-state index in [4.69, 9.17) is 0 Å². The number of nitrogens with one attached hydrogen (secondary N) is 1. The summed E-state index contributed by atoms with van der Waals surface area (Å²) in [7, 11) is 0. The van der Waals surface area contributed by atoms with Crippen LogP contribution in [0.5, 0.6) is 0 Å². The molecule has 0 atom stereocenters. The first kappa shape index (κ1) is 20.2. The van der Waals surface area contributed by atoms with Crippen LogP contribution in [0, 0.1) is 6.92 Å². The summed E-state index contributed by atoms with van der Waals surface area (Å²) in [5.41, 5.74) is 4.51. The summed E-state index contributed by atoms with van der Waals surface area (Å²) in [4.78, 5) is 12.9. The zero-order valence-electron chi connectivity index (χ0n) is 16.9. The Labute approximate surface area is 182 Å². The van der Waals surface area contributed by atoms with Crippen LogP contribution in [0.3, 0.4) is 0 Å². The molecule has 0 radical (unpaired) electrons. The molecule has 4 nitrogen and oxygen atoms in total. The molecule has 5 heteroatoms. The number of aromatic nitrogens is 2. The number of fused-ring (bicyclic) bond motifs is 2. The lowest BCUT2D eigenvalue weighted by Crippen LogP contribution is -3.00. The van der Waals surface area contributed by atoms with Gasteiger partial charge in [-0.2, -0.15) is 0 Å². The molecule has 0 spiro atoms. The van der Waals surface area contributed by atoms with Gasteiger partial charge in [0.1, 0.15) is 6.20 Å². The number of hydrogen-bond donors (Lipinski definition) is 1. The summed E-state index contributed by atoms with van der Waals surface area (Å²) in [6.07, 6.45) is 4.26. The van der Waals surface area contributed by atoms with Crippen LogP contribution >= 0.6 is 0 Å². The van der Waals surface area contributed by atoms with Gasteiger partial charge in [0.25, 0.3) is 11.7 Å². The van der Waals surface area contributed by atoms with E-state index >= 15 is 0 Å². The first-order chi connectivity index (χ1) is 14.2. The second kappa shape index (κ2) is 8.33. The Balaban J connectivity index is 0.00000218. The fourth-order valence-electron chi connectivity index (χ4n) is 4.28. The highest BCUT2D eigenvalue weighted by atomic mass is 35.5. The van der Waals surface area contributed by atoms with Gasteiger partial charge in [-0.05, 0) is 24.8 Å². The number of anilines is 1. The lowest BCUT2D eigenvalue weighted by Gasteiger charge is -2.08. The zero-order chi connectivity index (χ0) is 19.8. The van der Waals surface area contributed by atoms with Gasteiger partial charge in [-0.25, -0.2) is 9.13 Å². The molecule has 0 bridgehead atoms. The van der Waals surface area contributed by atoms with Crippen LogP contribution in [0.25, 0.3) is 22.0 Å². The maximum absolute atomic E-state index is 12.9. The normalized spacial score (nSPS) is 12.4. The van der Waals surface area contributed by atoms with Gasteiger partial charge < -0.3 is 17.7 Å². The molecular formula is C25H24ClN3O. The number of imidazole rings is 1. The Morgan fingerprint density at radius 2 is 1.80 bits per heavy atom. The third-order valence-electron chi connectivity index (χ3n) is 5.72. The summed E-state index contributed by atoms with van der Waals surface area (Å²) in [6.45, 7) is 3.44. The van der Waals surface area contributed by atoms with Crippen molar-refractivity contribution >= 4 is 22.4 Å². The van der Waals surface area contributed by atoms with E-state index in [-0.39, 0.29) is 18.3 Å². The molecule has 2 heterocycles. The molecule has 1 aliphatic heterocycles. The topological polar surface area (TPSA) is 37.9 Å². The third kappa shape index (κ3) is 3.71. The largest absolute Gasteiger partial charge is 1.00 e. The van der Waals surface area contributed by atoms with Crippen LogP contribution in [0.15, 0.2) is 72.9 Å². The molecule has 3 aromatic carbocycles. The standard InChI is InChI=1S/C25H23N3O.ClH/c1-18-11-13-20(14-12-18)23-16-27(25-10-5-15-28(23)25)17-24(29)26-22-9-4-7-19-6-2-3-8-21(19)22;/h2-4,6-9,11-14,16H,5,10,15,17H2,1H3;1H. The second-order valence-electron chi connectivity index (χ2n) is 7.75. The van der Waals surface area contributed by atoms with Crippen molar-refractivity contribution in [3.05, 3.63) is 84.3 Å². The van der Waals surface area contributed by atoms with Gasteiger partial charge in [0.2, 0.25) is 0 Å². The second-order valence-corrected chi connectivity index (χ2v) is 7.75. The van der Waals surface area contributed by atoms with Crippen molar-refractivity contribution in [2.75, 3.05) is 5.32 Å². The van der Waals surface area contributed by atoms with Crippen molar-refractivity contribution in [3.63, 3.8) is 0 Å². The Hall–Kier alpha value is -3.11. The first-order valence-electron chi connectivity index (χ1n) is 10.2. The molecule has 152 valence electrons. The van der Waals surface area contributed by atoms with Gasteiger partial charge in [0, 0.05) is 16.6 Å². The number of benzene rings is 3. The molecule has 30 heavy (non-hydrogen) atoms. The van der Waals surface area contributed by atoms with E-state index in [2.05, 4.69) is 64.0 Å². The van der Waals surface area contributed by atoms with Crippen molar-refractivity contribution < 1.29 is 21.8 Å². The van der Waals surface area contributed by atoms with Crippen molar-refractivity contribution in [2.45, 2.75) is 32.9 Å². The summed E-state index contributed by atoms with van der Waals surface area (Å²) >= 11 is 0. The Bertz CT molecular complexity index is 1210. The number of aryl methyl sites for hydroxylation is 1. The molecule has 1 N–H and O–H groups in total. The van der Waals surface area contributed by atoms with Crippen LogP contribution in [0.1, 0.15) is 17.8 Å². The molecule has 0 saturated carbocycles. The van der Waals surface area contributed by atoms with E-state index in [1.165, 1.54) is 22.6 Å². The Morgan fingerprint density at radius 1 is 1.03 bits per heavy atom. The van der Waals surface area contributed by atoms with Crippen LogP contribution in [-0.4, -0.2) is 10.5 Å². The molecule has 0 unspecified atom stereocenters. The van der Waals surface area contributed by atoms with Crippen molar-refractivity contribution in [1.82, 2.24) is 4.57 Å². The SMILES string of the molecule is Cc1ccc(-c2c[n+](CC(=O)Nc3cccc4ccccc34)c3n2CCC3)cc1.[Cl-]. The minimum absolute atomic E-state index is 0. The number of carbonyl (C=O) groups is 1. The Kier molecular flexibility index (Phi) is 5.60. The molecule has 5 rings (SSSR count). The lowest BCUT2D eigenvalue weighted by molar-refractivity contribution is -0.690. The van der Waals surface area contributed by atoms with E-state index in [0.717, 1.165) is 35.8 Å². The summed E-state index contributed by atoms with van der Waals surface area (Å²) in [5.74, 6) is 1.23. The van der Waals surface area contributed by atoms with Crippen LogP contribution in [0.2, 0.25) is 0 Å². The van der Waals surface area contributed by atoms with E-state index < -0.39 is 0 Å². The maximum Gasteiger partial charge on any atom is 0.266 e. The fourth-order valence-corrected chi connectivity index (χ4v) is 4.28. The molecule has 0 fully saturated rings. The third-order valence-corrected chi connectivity index (χ3v) is 5.72. The van der Waals surface area contributed by atoms with Crippen molar-refractivity contribution in [3.8, 4) is 11.3 Å². The van der Waals surface area contributed by atoms with Gasteiger partial charge in [-0.1, -0.05) is 66.2 Å². The molecule has 1 aliphatic rings. The van der Waals surface area contributed by atoms with Gasteiger partial charge in [0.15, 0.2) is 12.2 Å². The lowest BCUT2D eigenvalue weighted by atomic mass is 10.1. The number of carbonyl (C=O) groups excluding carboxylic acids is 1. The van der Waals surface area contributed by atoms with E-state index in [9.17, 15) is 4.79 Å².